The van der Waals surface area contributed by atoms with Gasteiger partial charge in [0.05, 0.1) is 40.3 Å². The highest BCUT2D eigenvalue weighted by molar-refractivity contribution is 5.70. The van der Waals surface area contributed by atoms with Gasteiger partial charge in [-0.3, -0.25) is 9.59 Å². The first-order valence-corrected chi connectivity index (χ1v) is 39.0. The van der Waals surface area contributed by atoms with Crippen LogP contribution < -0.4 is 5.11 Å². The maximum atomic E-state index is 13.0. The van der Waals surface area contributed by atoms with E-state index in [1.165, 1.54) is 180 Å². The average molecular weight is 1320 g/mol. The Morgan fingerprint density at radius 1 is 0.326 bits per heavy atom. The van der Waals surface area contributed by atoms with Gasteiger partial charge in [-0.25, -0.2) is 0 Å². The molecule has 2 atom stereocenters. The van der Waals surface area contributed by atoms with Crippen molar-refractivity contribution < 1.29 is 42.9 Å². The summed E-state index contributed by atoms with van der Waals surface area (Å²) in [5.74, 6) is -2.28. The van der Waals surface area contributed by atoms with Gasteiger partial charge in [-0.2, -0.15) is 0 Å². The van der Waals surface area contributed by atoms with Crippen LogP contribution in [0.15, 0.2) is 146 Å². The highest BCUT2D eigenvalue weighted by Gasteiger charge is 2.22. The second-order valence-electron chi connectivity index (χ2n) is 26.9. The van der Waals surface area contributed by atoms with Crippen LogP contribution in [0.1, 0.15) is 322 Å². The zero-order chi connectivity index (χ0) is 69.0. The molecule has 0 aliphatic carbocycles. The first-order valence-electron chi connectivity index (χ1n) is 39.0. The number of hydrogen-bond acceptors (Lipinski definition) is 8. The molecule has 0 aromatic heterocycles. The van der Waals surface area contributed by atoms with Gasteiger partial charge in [-0.1, -0.05) is 333 Å². The van der Waals surface area contributed by atoms with Crippen LogP contribution in [0.2, 0.25) is 0 Å². The Hall–Kier alpha value is -4.83. The van der Waals surface area contributed by atoms with E-state index < -0.39 is 24.3 Å². The molecule has 0 aliphatic heterocycles. The molecule has 0 radical (unpaired) electrons. The smallest absolute Gasteiger partial charge is 0.306 e. The molecule has 0 rings (SSSR count). The van der Waals surface area contributed by atoms with Gasteiger partial charge in [0, 0.05) is 12.8 Å². The molecule has 0 bridgehead atoms. The van der Waals surface area contributed by atoms with E-state index in [2.05, 4.69) is 160 Å². The fourth-order valence-corrected chi connectivity index (χ4v) is 10.7. The molecule has 9 heteroatoms. The number of carboxylic acid groups (broad SMARTS) is 1. The Morgan fingerprint density at radius 2 is 0.600 bits per heavy atom. The Bertz CT molecular complexity index is 2080. The summed E-state index contributed by atoms with van der Waals surface area (Å²) < 4.78 is 22.8. The molecule has 0 aliphatic rings. The van der Waals surface area contributed by atoms with Crippen molar-refractivity contribution in [3.05, 3.63) is 146 Å². The minimum Gasteiger partial charge on any atom is -0.545 e. The molecule has 95 heavy (non-hydrogen) atoms. The number of carbonyl (C=O) groups excluding carboxylic acids is 3. The van der Waals surface area contributed by atoms with E-state index in [1.807, 2.05) is 21.1 Å². The maximum Gasteiger partial charge on any atom is 0.306 e. The van der Waals surface area contributed by atoms with Gasteiger partial charge in [0.15, 0.2) is 12.4 Å². The van der Waals surface area contributed by atoms with Gasteiger partial charge in [0.1, 0.15) is 13.2 Å². The molecular formula is C86H145NO8. The number of esters is 2. The number of carboxylic acids is 1. The first-order chi connectivity index (χ1) is 46.6. The predicted octanol–water partition coefficient (Wildman–Crippen LogP) is 23.7. The fraction of sp³-hybridized carbons (Fsp3) is 0.686. The Balaban J connectivity index is 4.09. The van der Waals surface area contributed by atoms with Crippen molar-refractivity contribution in [3.63, 3.8) is 0 Å². The lowest BCUT2D eigenvalue weighted by molar-refractivity contribution is -0.870. The molecule has 0 spiro atoms. The van der Waals surface area contributed by atoms with Crippen LogP contribution in [-0.4, -0.2) is 82.3 Å². The number of likely N-dealkylation sites (N-methyl/N-ethyl adjacent to an activating group) is 1. The van der Waals surface area contributed by atoms with Crippen LogP contribution in [-0.2, 0) is 33.3 Å². The summed E-state index contributed by atoms with van der Waals surface area (Å²) in [6, 6.07) is 0. The van der Waals surface area contributed by atoms with Crippen LogP contribution >= 0.6 is 0 Å². The van der Waals surface area contributed by atoms with Crippen molar-refractivity contribution in [1.82, 2.24) is 0 Å². The molecule has 2 unspecified atom stereocenters. The van der Waals surface area contributed by atoms with E-state index in [9.17, 15) is 19.5 Å². The summed E-state index contributed by atoms with van der Waals surface area (Å²) >= 11 is 0. The number of allylic oxidation sites excluding steroid dienone is 24. The predicted molar refractivity (Wildman–Crippen MR) is 407 cm³/mol. The second-order valence-corrected chi connectivity index (χ2v) is 26.9. The van der Waals surface area contributed by atoms with E-state index >= 15 is 0 Å². The zero-order valence-electron chi connectivity index (χ0n) is 62.0. The molecule has 0 N–H and O–H groups in total. The van der Waals surface area contributed by atoms with Crippen molar-refractivity contribution in [1.29, 1.82) is 0 Å². The number of nitrogens with zero attached hydrogens (tertiary/aromatic N) is 1. The molecule has 0 saturated carbocycles. The molecule has 0 amide bonds. The minimum atomic E-state index is -1.63. The minimum absolute atomic E-state index is 0.143. The molecule has 542 valence electrons. The Kier molecular flexibility index (Phi) is 71.1. The van der Waals surface area contributed by atoms with Crippen LogP contribution in [0.4, 0.5) is 0 Å². The van der Waals surface area contributed by atoms with E-state index in [0.29, 0.717) is 17.4 Å². The third-order valence-electron chi connectivity index (χ3n) is 16.6. The van der Waals surface area contributed by atoms with Crippen LogP contribution in [0.3, 0.4) is 0 Å². The van der Waals surface area contributed by atoms with Gasteiger partial charge < -0.3 is 33.3 Å². The quantitative estimate of drug-likeness (QED) is 0.0195. The number of rotatable bonds is 71. The summed E-state index contributed by atoms with van der Waals surface area (Å²) in [6.07, 6.45) is 107. The van der Waals surface area contributed by atoms with Crippen molar-refractivity contribution in [2.45, 2.75) is 334 Å². The molecule has 0 saturated heterocycles. The Morgan fingerprint density at radius 3 is 0.895 bits per heavy atom. The number of quaternary nitrogens is 1. The number of ether oxygens (including phenoxy) is 4. The number of aliphatic carboxylic acids is 1. The summed E-state index contributed by atoms with van der Waals surface area (Å²) in [7, 11) is 5.93. The number of hydrogen-bond donors (Lipinski definition) is 0. The third-order valence-corrected chi connectivity index (χ3v) is 16.6. The van der Waals surface area contributed by atoms with E-state index in [-0.39, 0.29) is 38.6 Å². The normalized spacial score (nSPS) is 13.5. The number of carbonyl (C=O) groups is 3. The van der Waals surface area contributed by atoms with Crippen LogP contribution in [0.5, 0.6) is 0 Å². The van der Waals surface area contributed by atoms with Gasteiger partial charge in [0.25, 0.3) is 0 Å². The lowest BCUT2D eigenvalue weighted by Crippen LogP contribution is -2.44. The Labute approximate surface area is 585 Å². The van der Waals surface area contributed by atoms with Crippen molar-refractivity contribution >= 4 is 17.9 Å². The van der Waals surface area contributed by atoms with E-state index in [1.54, 1.807) is 0 Å². The third kappa shape index (κ3) is 76.4. The standard InChI is InChI=1S/C86H145NO8/c1-6-8-10-12-14-16-18-20-22-24-26-28-30-32-34-36-37-38-39-40-41-42-43-44-45-46-47-49-51-53-55-57-59-61-63-65-67-69-71-73-75-77-84(89)95-82(81-94-86(85(90)91)92-79-78-87(3,4)5)80-93-83(88)76-74-72-70-68-66-64-62-60-58-56-54-52-50-48-35-33-31-29-27-25-23-21-19-17-15-13-11-9-7-2/h8,10,14,16,19-22,25-28,31-34,37-38,40-41,43-44,46-47,82,86H,6-7,9,11-13,15,17-18,23-24,29-30,35-36,39,42,45,48-81H2,1-5H3/b10-8-,16-14-,21-19-,22-20-,27-25-,28-26-,33-31-,34-32-,38-37-,41-40-,44-43-,47-46-. The van der Waals surface area contributed by atoms with E-state index in [4.69, 9.17) is 18.9 Å². The fourth-order valence-electron chi connectivity index (χ4n) is 10.7. The topological polar surface area (TPSA) is 111 Å². The SMILES string of the molecule is CC/C=C\C/C=C\C/C=C\C/C=C\C/C=C\C/C=C\C/C=C\C/C=C\C/C=C\CCCCCCCCCCCCCCCC(=O)OC(COC(=O)CCCCCCCCCCCCCCCC/C=C\C/C=C\C/C=C\CCCCCCC)COC(OCC[N+](C)(C)C)C(=O)[O-]. The van der Waals surface area contributed by atoms with Gasteiger partial charge >= 0.3 is 11.9 Å². The highest BCUT2D eigenvalue weighted by atomic mass is 16.7. The molecular weight excluding hydrogens is 1170 g/mol. The van der Waals surface area contributed by atoms with Crippen LogP contribution in [0.25, 0.3) is 0 Å². The summed E-state index contributed by atoms with van der Waals surface area (Å²) in [5, 5.41) is 11.9. The van der Waals surface area contributed by atoms with Crippen molar-refractivity contribution in [2.75, 3.05) is 47.5 Å². The lowest BCUT2D eigenvalue weighted by Gasteiger charge is -2.26. The highest BCUT2D eigenvalue weighted by Crippen LogP contribution is 2.17. The summed E-state index contributed by atoms with van der Waals surface area (Å²) in [6.45, 7) is 4.64. The largest absolute Gasteiger partial charge is 0.545 e. The molecule has 9 nitrogen and oxygen atoms in total. The molecule has 0 fully saturated rings. The van der Waals surface area contributed by atoms with Crippen molar-refractivity contribution in [2.24, 2.45) is 0 Å². The molecule has 0 aromatic rings. The maximum absolute atomic E-state index is 13.0. The van der Waals surface area contributed by atoms with Gasteiger partial charge in [-0.05, 0) is 122 Å². The van der Waals surface area contributed by atoms with Gasteiger partial charge in [-0.15, -0.1) is 0 Å². The molecule has 0 heterocycles. The molecule has 0 aromatic carbocycles. The first kappa shape index (κ1) is 90.2. The summed E-state index contributed by atoms with van der Waals surface area (Å²) in [4.78, 5) is 37.6. The van der Waals surface area contributed by atoms with Crippen LogP contribution in [0, 0.1) is 0 Å². The van der Waals surface area contributed by atoms with Crippen molar-refractivity contribution in [3.8, 4) is 0 Å². The lowest BCUT2D eigenvalue weighted by atomic mass is 10.0. The van der Waals surface area contributed by atoms with Gasteiger partial charge in [0.2, 0.25) is 0 Å². The van der Waals surface area contributed by atoms with E-state index in [0.717, 1.165) is 109 Å². The average Bonchev–Trinajstić information content (AvgIpc) is 3.54. The number of unbranched alkanes of at least 4 members (excludes halogenated alkanes) is 32. The second kappa shape index (κ2) is 75.0. The summed E-state index contributed by atoms with van der Waals surface area (Å²) in [5.41, 5.74) is 0. The zero-order valence-corrected chi connectivity index (χ0v) is 62.0. The monoisotopic (exact) mass is 1320 g/mol.